The van der Waals surface area contributed by atoms with Crippen molar-refractivity contribution >= 4 is 22.6 Å². The highest BCUT2D eigenvalue weighted by Crippen LogP contribution is 2.19. The van der Waals surface area contributed by atoms with Gasteiger partial charge in [-0.2, -0.15) is 0 Å². The highest BCUT2D eigenvalue weighted by molar-refractivity contribution is 5.91. The van der Waals surface area contributed by atoms with Gasteiger partial charge in [0, 0.05) is 18.5 Å². The van der Waals surface area contributed by atoms with Crippen LogP contribution in [0, 0.1) is 5.92 Å². The third kappa shape index (κ3) is 4.02. The summed E-state index contributed by atoms with van der Waals surface area (Å²) in [6.07, 6.45) is 2.18. The second kappa shape index (κ2) is 7.30. The number of amides is 1. The summed E-state index contributed by atoms with van der Waals surface area (Å²) in [7, 11) is 0. The number of H-pyrrole nitrogens is 1. The van der Waals surface area contributed by atoms with Gasteiger partial charge in [0.25, 0.3) is 0 Å². The van der Waals surface area contributed by atoms with Crippen LogP contribution in [0.4, 0.5) is 5.69 Å². The van der Waals surface area contributed by atoms with Crippen molar-refractivity contribution in [3.63, 3.8) is 0 Å². The van der Waals surface area contributed by atoms with Crippen LogP contribution in [-0.2, 0) is 17.6 Å². The highest BCUT2D eigenvalue weighted by Gasteiger charge is 2.09. The first-order valence-electron chi connectivity index (χ1n) is 8.43. The quantitative estimate of drug-likeness (QED) is 0.710. The molecule has 0 fully saturated rings. The Morgan fingerprint density at radius 2 is 1.83 bits per heavy atom. The van der Waals surface area contributed by atoms with Crippen molar-refractivity contribution in [2.75, 3.05) is 5.32 Å². The Kier molecular flexibility index (Phi) is 4.94. The van der Waals surface area contributed by atoms with E-state index in [2.05, 4.69) is 21.4 Å². The second-order valence-electron chi connectivity index (χ2n) is 6.50. The number of benzene rings is 2. The minimum absolute atomic E-state index is 0.0705. The van der Waals surface area contributed by atoms with Crippen molar-refractivity contribution < 1.29 is 4.79 Å². The van der Waals surface area contributed by atoms with Crippen molar-refractivity contribution in [1.82, 2.24) is 9.97 Å². The highest BCUT2D eigenvalue weighted by atomic mass is 16.1. The number of nitrogens with zero attached hydrogens (tertiary/aromatic N) is 1. The Labute approximate surface area is 142 Å². The molecule has 3 rings (SSSR count). The van der Waals surface area contributed by atoms with Gasteiger partial charge >= 0.3 is 0 Å². The zero-order chi connectivity index (χ0) is 16.9. The molecule has 0 atom stereocenters. The Morgan fingerprint density at radius 1 is 1.08 bits per heavy atom. The number of fused-ring (bicyclic) bond motifs is 1. The molecule has 0 saturated carbocycles. The summed E-state index contributed by atoms with van der Waals surface area (Å²) in [4.78, 5) is 20.0. The van der Waals surface area contributed by atoms with E-state index in [1.807, 2.05) is 56.3 Å². The number of nitrogens with one attached hydrogen (secondary N) is 2. The minimum atomic E-state index is 0.0705. The zero-order valence-electron chi connectivity index (χ0n) is 14.2. The molecule has 0 aliphatic heterocycles. The topological polar surface area (TPSA) is 57.8 Å². The van der Waals surface area contributed by atoms with E-state index in [1.165, 1.54) is 0 Å². The maximum Gasteiger partial charge on any atom is 0.224 e. The summed E-state index contributed by atoms with van der Waals surface area (Å²) < 4.78 is 0. The Bertz CT molecular complexity index is 803. The molecule has 4 nitrogen and oxygen atoms in total. The number of para-hydroxylation sites is 3. The lowest BCUT2D eigenvalue weighted by molar-refractivity contribution is -0.116. The maximum atomic E-state index is 12.0. The summed E-state index contributed by atoms with van der Waals surface area (Å²) in [5, 5.41) is 3.04. The van der Waals surface area contributed by atoms with Gasteiger partial charge in [0.1, 0.15) is 5.82 Å². The molecule has 124 valence electrons. The molecule has 1 amide bonds. The minimum Gasteiger partial charge on any atom is -0.342 e. The van der Waals surface area contributed by atoms with Gasteiger partial charge in [0.05, 0.1) is 11.0 Å². The summed E-state index contributed by atoms with van der Waals surface area (Å²) in [6, 6.07) is 16.0. The van der Waals surface area contributed by atoms with Crippen molar-refractivity contribution in [2.24, 2.45) is 5.92 Å². The first-order chi connectivity index (χ1) is 11.6. The van der Waals surface area contributed by atoms with Crippen molar-refractivity contribution in [2.45, 2.75) is 33.1 Å². The van der Waals surface area contributed by atoms with Gasteiger partial charge in [-0.05, 0) is 36.1 Å². The van der Waals surface area contributed by atoms with Gasteiger partial charge in [0.2, 0.25) is 5.91 Å². The monoisotopic (exact) mass is 321 g/mol. The molecule has 24 heavy (non-hydrogen) atoms. The average Bonchev–Trinajstić information content (AvgIpc) is 2.96. The predicted octanol–water partition coefficient (Wildman–Crippen LogP) is 4.33. The number of hydrogen-bond donors (Lipinski definition) is 2. The van der Waals surface area contributed by atoms with Crippen molar-refractivity contribution in [3.8, 4) is 0 Å². The first-order valence-corrected chi connectivity index (χ1v) is 8.43. The van der Waals surface area contributed by atoms with Gasteiger partial charge in [-0.1, -0.05) is 44.2 Å². The summed E-state index contributed by atoms with van der Waals surface area (Å²) in [5.74, 6) is 1.40. The SMILES string of the molecule is CC(C)CC(=O)Nc1ccccc1CCc1nc2ccccc2[nH]1. The molecule has 0 spiro atoms. The number of aromatic nitrogens is 2. The molecule has 0 saturated heterocycles. The molecular weight excluding hydrogens is 298 g/mol. The van der Waals surface area contributed by atoms with Gasteiger partial charge in [-0.25, -0.2) is 4.98 Å². The second-order valence-corrected chi connectivity index (χ2v) is 6.50. The summed E-state index contributed by atoms with van der Waals surface area (Å²) in [6.45, 7) is 4.10. The van der Waals surface area contributed by atoms with Crippen LogP contribution < -0.4 is 5.32 Å². The van der Waals surface area contributed by atoms with Crippen molar-refractivity contribution in [1.29, 1.82) is 0 Å². The van der Waals surface area contributed by atoms with E-state index in [0.717, 1.165) is 41.0 Å². The number of aryl methyl sites for hydroxylation is 2. The molecule has 0 aliphatic carbocycles. The fraction of sp³-hybridized carbons (Fsp3) is 0.300. The molecule has 1 aromatic heterocycles. The number of carbonyl (C=O) groups excluding carboxylic acids is 1. The van der Waals surface area contributed by atoms with E-state index in [0.29, 0.717) is 12.3 Å². The largest absolute Gasteiger partial charge is 0.342 e. The molecule has 3 aromatic rings. The number of hydrogen-bond acceptors (Lipinski definition) is 2. The third-order valence-corrected chi connectivity index (χ3v) is 3.95. The van der Waals surface area contributed by atoms with Crippen LogP contribution in [0.2, 0.25) is 0 Å². The molecule has 0 radical (unpaired) electrons. The third-order valence-electron chi connectivity index (χ3n) is 3.95. The fourth-order valence-electron chi connectivity index (χ4n) is 2.81. The van der Waals surface area contributed by atoms with E-state index in [-0.39, 0.29) is 5.91 Å². The number of anilines is 1. The normalized spacial score (nSPS) is 11.1. The van der Waals surface area contributed by atoms with E-state index < -0.39 is 0 Å². The van der Waals surface area contributed by atoms with Crippen LogP contribution in [0.1, 0.15) is 31.7 Å². The molecule has 2 aromatic carbocycles. The van der Waals surface area contributed by atoms with E-state index in [9.17, 15) is 4.79 Å². The summed E-state index contributed by atoms with van der Waals surface area (Å²) >= 11 is 0. The molecular formula is C20H23N3O. The maximum absolute atomic E-state index is 12.0. The van der Waals surface area contributed by atoms with E-state index >= 15 is 0 Å². The van der Waals surface area contributed by atoms with Crippen LogP contribution in [-0.4, -0.2) is 15.9 Å². The van der Waals surface area contributed by atoms with Crippen LogP contribution in [0.5, 0.6) is 0 Å². The lowest BCUT2D eigenvalue weighted by Gasteiger charge is -2.11. The van der Waals surface area contributed by atoms with Gasteiger partial charge in [-0.3, -0.25) is 4.79 Å². The zero-order valence-corrected chi connectivity index (χ0v) is 14.2. The first kappa shape index (κ1) is 16.2. The summed E-state index contributed by atoms with van der Waals surface area (Å²) in [5.41, 5.74) is 4.09. The lowest BCUT2D eigenvalue weighted by atomic mass is 10.1. The number of aromatic amines is 1. The Morgan fingerprint density at radius 3 is 2.62 bits per heavy atom. The number of imidazole rings is 1. The molecule has 0 bridgehead atoms. The van der Waals surface area contributed by atoms with Crippen LogP contribution >= 0.6 is 0 Å². The molecule has 4 heteroatoms. The van der Waals surface area contributed by atoms with Crippen LogP contribution in [0.3, 0.4) is 0 Å². The Balaban J connectivity index is 1.69. The van der Waals surface area contributed by atoms with Crippen LogP contribution in [0.25, 0.3) is 11.0 Å². The van der Waals surface area contributed by atoms with Gasteiger partial charge < -0.3 is 10.3 Å². The number of carbonyl (C=O) groups is 1. The smallest absolute Gasteiger partial charge is 0.224 e. The predicted molar refractivity (Wildman–Crippen MR) is 98.0 cm³/mol. The van der Waals surface area contributed by atoms with Gasteiger partial charge in [-0.15, -0.1) is 0 Å². The van der Waals surface area contributed by atoms with Crippen molar-refractivity contribution in [3.05, 3.63) is 59.9 Å². The fourth-order valence-corrected chi connectivity index (χ4v) is 2.81. The average molecular weight is 321 g/mol. The molecule has 1 heterocycles. The standard InChI is InChI=1S/C20H23N3O/c1-14(2)13-20(24)23-16-8-4-3-7-15(16)11-12-19-21-17-9-5-6-10-18(17)22-19/h3-10,14H,11-13H2,1-2H3,(H,21,22)(H,23,24). The Hall–Kier alpha value is -2.62. The lowest BCUT2D eigenvalue weighted by Crippen LogP contribution is -2.15. The van der Waals surface area contributed by atoms with Crippen LogP contribution in [0.15, 0.2) is 48.5 Å². The van der Waals surface area contributed by atoms with E-state index in [1.54, 1.807) is 0 Å². The molecule has 0 aliphatic rings. The van der Waals surface area contributed by atoms with Gasteiger partial charge in [0.15, 0.2) is 0 Å². The molecule has 2 N–H and O–H groups in total. The number of rotatable bonds is 6. The van der Waals surface area contributed by atoms with E-state index in [4.69, 9.17) is 0 Å². The molecule has 0 unspecified atom stereocenters.